The molecule has 2 amide bonds. The molecule has 0 heterocycles. The van der Waals surface area contributed by atoms with Crippen LogP contribution in [0.15, 0.2) is 42.5 Å². The highest BCUT2D eigenvalue weighted by Crippen LogP contribution is 2.22. The molecule has 0 aliphatic carbocycles. The smallest absolute Gasteiger partial charge is 0.242 e. The van der Waals surface area contributed by atoms with Crippen LogP contribution in [0.3, 0.4) is 0 Å². The molecule has 2 rings (SSSR count). The van der Waals surface area contributed by atoms with Crippen LogP contribution in [0.1, 0.15) is 38.8 Å². The summed E-state index contributed by atoms with van der Waals surface area (Å²) in [7, 11) is 0. The summed E-state index contributed by atoms with van der Waals surface area (Å²) in [4.78, 5) is 26.9. The van der Waals surface area contributed by atoms with Crippen LogP contribution in [-0.2, 0) is 22.6 Å². The Morgan fingerprint density at radius 1 is 1.07 bits per heavy atom. The number of carbonyl (C=O) groups is 2. The van der Waals surface area contributed by atoms with Crippen molar-refractivity contribution in [3.8, 4) is 0 Å². The Balaban J connectivity index is 2.34. The highest BCUT2D eigenvalue weighted by molar-refractivity contribution is 6.31. The van der Waals surface area contributed by atoms with Crippen LogP contribution in [-0.4, -0.2) is 28.3 Å². The number of nitrogens with zero attached hydrogens (tertiary/aromatic N) is 1. The molecule has 0 unspecified atom stereocenters. The molecule has 7 heteroatoms. The van der Waals surface area contributed by atoms with Gasteiger partial charge in [0, 0.05) is 28.2 Å². The van der Waals surface area contributed by atoms with Crippen LogP contribution >= 0.6 is 11.6 Å². The molecule has 29 heavy (non-hydrogen) atoms. The van der Waals surface area contributed by atoms with Gasteiger partial charge in [0.2, 0.25) is 11.8 Å². The van der Waals surface area contributed by atoms with Crippen molar-refractivity contribution in [1.29, 1.82) is 0 Å². The Morgan fingerprint density at radius 2 is 1.69 bits per heavy atom. The van der Waals surface area contributed by atoms with Crippen molar-refractivity contribution >= 4 is 23.4 Å². The van der Waals surface area contributed by atoms with E-state index in [1.807, 2.05) is 20.8 Å². The molecule has 0 aromatic heterocycles. The fourth-order valence-electron chi connectivity index (χ4n) is 2.82. The summed E-state index contributed by atoms with van der Waals surface area (Å²) in [5.41, 5.74) is -0.204. The molecule has 0 aliphatic heterocycles. The van der Waals surface area contributed by atoms with Gasteiger partial charge < -0.3 is 10.2 Å². The Hall–Kier alpha value is -2.47. The normalized spacial score (nSPS) is 12.4. The average molecular weight is 423 g/mol. The number of carbonyl (C=O) groups excluding carboxylic acids is 2. The number of hydrogen-bond donors (Lipinski definition) is 1. The number of amides is 2. The maximum absolute atomic E-state index is 14.2. The van der Waals surface area contributed by atoms with Gasteiger partial charge in [0.1, 0.15) is 17.7 Å². The minimum Gasteiger partial charge on any atom is -0.350 e. The Morgan fingerprint density at radius 3 is 2.28 bits per heavy atom. The second-order valence-electron chi connectivity index (χ2n) is 7.91. The largest absolute Gasteiger partial charge is 0.350 e. The lowest BCUT2D eigenvalue weighted by molar-refractivity contribution is -0.140. The van der Waals surface area contributed by atoms with Gasteiger partial charge in [-0.25, -0.2) is 8.78 Å². The molecule has 1 atom stereocenters. The van der Waals surface area contributed by atoms with Crippen LogP contribution in [0.2, 0.25) is 5.02 Å². The molecule has 1 N–H and O–H groups in total. The van der Waals surface area contributed by atoms with Crippen LogP contribution in [0.5, 0.6) is 0 Å². The fourth-order valence-corrected chi connectivity index (χ4v) is 3.05. The van der Waals surface area contributed by atoms with E-state index in [1.54, 1.807) is 25.1 Å². The molecule has 0 saturated heterocycles. The summed E-state index contributed by atoms with van der Waals surface area (Å²) < 4.78 is 28.3. The third-order valence-corrected chi connectivity index (χ3v) is 4.71. The zero-order valence-corrected chi connectivity index (χ0v) is 17.7. The lowest BCUT2D eigenvalue weighted by Gasteiger charge is -2.31. The number of benzene rings is 2. The van der Waals surface area contributed by atoms with Crippen molar-refractivity contribution in [2.24, 2.45) is 0 Å². The first-order valence-electron chi connectivity index (χ1n) is 9.27. The predicted octanol–water partition coefficient (Wildman–Crippen LogP) is 4.49. The number of nitrogens with one attached hydrogen (secondary N) is 1. The highest BCUT2D eigenvalue weighted by Gasteiger charge is 2.29. The van der Waals surface area contributed by atoms with E-state index in [-0.39, 0.29) is 35.0 Å². The van der Waals surface area contributed by atoms with Crippen molar-refractivity contribution in [2.75, 3.05) is 0 Å². The molecule has 0 radical (unpaired) electrons. The molecule has 0 fully saturated rings. The minimum absolute atomic E-state index is 0.0427. The van der Waals surface area contributed by atoms with E-state index < -0.39 is 29.1 Å². The van der Waals surface area contributed by atoms with Crippen molar-refractivity contribution < 1.29 is 18.4 Å². The summed E-state index contributed by atoms with van der Waals surface area (Å²) in [6.45, 7) is 6.89. The lowest BCUT2D eigenvalue weighted by atomic mass is 10.1. The molecule has 4 nitrogen and oxygen atoms in total. The third-order valence-electron chi connectivity index (χ3n) is 4.35. The van der Waals surface area contributed by atoms with Crippen LogP contribution < -0.4 is 5.32 Å². The van der Waals surface area contributed by atoms with Gasteiger partial charge in [-0.2, -0.15) is 0 Å². The Bertz CT molecular complexity index is 876. The second kappa shape index (κ2) is 9.35. The molecule has 0 bridgehead atoms. The van der Waals surface area contributed by atoms with Gasteiger partial charge in [0.25, 0.3) is 0 Å². The van der Waals surface area contributed by atoms with E-state index in [4.69, 9.17) is 11.6 Å². The first-order chi connectivity index (χ1) is 13.5. The van der Waals surface area contributed by atoms with Crippen molar-refractivity contribution in [1.82, 2.24) is 10.2 Å². The van der Waals surface area contributed by atoms with E-state index in [0.29, 0.717) is 0 Å². The summed E-state index contributed by atoms with van der Waals surface area (Å²) in [5.74, 6) is -2.01. The Kier molecular flexibility index (Phi) is 7.36. The summed E-state index contributed by atoms with van der Waals surface area (Å²) in [5, 5.41) is 2.94. The van der Waals surface area contributed by atoms with E-state index >= 15 is 0 Å². The van der Waals surface area contributed by atoms with Crippen LogP contribution in [0.4, 0.5) is 8.78 Å². The molecular formula is C22H25ClF2N2O2. The quantitative estimate of drug-likeness (QED) is 0.745. The van der Waals surface area contributed by atoms with E-state index in [9.17, 15) is 18.4 Å². The maximum atomic E-state index is 14.2. The van der Waals surface area contributed by atoms with E-state index in [2.05, 4.69) is 5.32 Å². The molecule has 2 aromatic carbocycles. The third kappa shape index (κ3) is 6.26. The van der Waals surface area contributed by atoms with Gasteiger partial charge in [0.05, 0.1) is 6.42 Å². The summed E-state index contributed by atoms with van der Waals surface area (Å²) >= 11 is 6.04. The first-order valence-corrected chi connectivity index (χ1v) is 9.65. The molecule has 156 valence electrons. The Labute approximate surface area is 174 Å². The topological polar surface area (TPSA) is 49.4 Å². The van der Waals surface area contributed by atoms with Crippen LogP contribution in [0, 0.1) is 11.6 Å². The number of hydrogen-bond acceptors (Lipinski definition) is 2. The van der Waals surface area contributed by atoms with E-state index in [0.717, 1.165) is 0 Å². The SMILES string of the molecule is C[C@@H](C(=O)NC(C)(C)C)N(Cc1ccccc1F)C(=O)Cc1c(F)cccc1Cl. The van der Waals surface area contributed by atoms with E-state index in [1.165, 1.54) is 29.2 Å². The standard InChI is InChI=1S/C22H25ClF2N2O2/c1-14(21(29)26-22(2,3)4)27(13-15-8-5-6-10-18(15)24)20(28)12-16-17(23)9-7-11-19(16)25/h5-11,14H,12-13H2,1-4H3,(H,26,29)/t14-/m0/s1. The molecule has 0 aliphatic rings. The second-order valence-corrected chi connectivity index (χ2v) is 8.31. The van der Waals surface area contributed by atoms with Gasteiger partial charge >= 0.3 is 0 Å². The average Bonchev–Trinajstić information content (AvgIpc) is 2.62. The lowest BCUT2D eigenvalue weighted by Crippen LogP contribution is -2.52. The molecule has 0 saturated carbocycles. The monoisotopic (exact) mass is 422 g/mol. The van der Waals surface area contributed by atoms with Crippen molar-refractivity contribution in [3.05, 3.63) is 70.2 Å². The molecule has 2 aromatic rings. The summed E-state index contributed by atoms with van der Waals surface area (Å²) in [6.07, 6.45) is -0.340. The molecule has 0 spiro atoms. The van der Waals surface area contributed by atoms with Gasteiger partial charge in [-0.05, 0) is 45.9 Å². The number of rotatable bonds is 6. The molecular weight excluding hydrogens is 398 g/mol. The predicted molar refractivity (Wildman–Crippen MR) is 109 cm³/mol. The van der Waals surface area contributed by atoms with Gasteiger partial charge in [-0.15, -0.1) is 0 Å². The van der Waals surface area contributed by atoms with Gasteiger partial charge in [0.15, 0.2) is 0 Å². The zero-order chi connectivity index (χ0) is 21.8. The fraction of sp³-hybridized carbons (Fsp3) is 0.364. The number of halogens is 3. The maximum Gasteiger partial charge on any atom is 0.242 e. The minimum atomic E-state index is -0.896. The van der Waals surface area contributed by atoms with Crippen molar-refractivity contribution in [3.63, 3.8) is 0 Å². The summed E-state index contributed by atoms with van der Waals surface area (Å²) in [6, 6.07) is 9.27. The van der Waals surface area contributed by atoms with Gasteiger partial charge in [-0.1, -0.05) is 35.9 Å². The highest BCUT2D eigenvalue weighted by atomic mass is 35.5. The zero-order valence-electron chi connectivity index (χ0n) is 16.9. The van der Waals surface area contributed by atoms with Crippen molar-refractivity contribution in [2.45, 2.75) is 52.2 Å². The first kappa shape index (κ1) is 22.8. The van der Waals surface area contributed by atoms with Gasteiger partial charge in [-0.3, -0.25) is 9.59 Å². The van der Waals surface area contributed by atoms with Crippen LogP contribution in [0.25, 0.3) is 0 Å².